The fourth-order valence-electron chi connectivity index (χ4n) is 3.58. The van der Waals surface area contributed by atoms with E-state index < -0.39 is 12.6 Å². The molecule has 0 spiro atoms. The highest BCUT2D eigenvalue weighted by Gasteiger charge is 2.27. The number of nitrogen functional groups attached to an aromatic ring is 1. The number of rotatable bonds is 6. The molecule has 0 radical (unpaired) electrons. The zero-order chi connectivity index (χ0) is 24.3. The summed E-state index contributed by atoms with van der Waals surface area (Å²) in [4.78, 5) is 17.0. The number of ether oxygens (including phenoxy) is 1. The Labute approximate surface area is 194 Å². The Morgan fingerprint density at radius 1 is 1.03 bits per heavy atom. The lowest BCUT2D eigenvalue weighted by atomic mass is 10.1. The first-order valence-electron chi connectivity index (χ1n) is 10.6. The van der Waals surface area contributed by atoms with Crippen LogP contribution in [0.25, 0.3) is 10.8 Å². The molecule has 174 valence electrons. The maximum Gasteiger partial charge on any atom is 0.393 e. The van der Waals surface area contributed by atoms with Crippen LogP contribution in [0.5, 0.6) is 11.5 Å². The first-order valence-corrected chi connectivity index (χ1v) is 10.6. The second-order valence-corrected chi connectivity index (χ2v) is 7.91. The molecule has 34 heavy (non-hydrogen) atoms. The van der Waals surface area contributed by atoms with Gasteiger partial charge in [0.2, 0.25) is 0 Å². The van der Waals surface area contributed by atoms with E-state index in [0.29, 0.717) is 28.6 Å². The van der Waals surface area contributed by atoms with Crippen molar-refractivity contribution in [3.63, 3.8) is 0 Å². The first-order chi connectivity index (χ1) is 16.2. The highest BCUT2D eigenvalue weighted by Crippen LogP contribution is 2.31. The number of carbonyl (C=O) groups is 1. The molecule has 1 atom stereocenters. The summed E-state index contributed by atoms with van der Waals surface area (Å²) >= 11 is 0. The molecule has 8 heteroatoms. The van der Waals surface area contributed by atoms with Gasteiger partial charge in [-0.05, 0) is 66.4 Å². The number of amides is 1. The third kappa shape index (κ3) is 5.64. The molecule has 0 aliphatic carbocycles. The molecule has 0 bridgehead atoms. The van der Waals surface area contributed by atoms with Crippen LogP contribution in [-0.2, 0) is 6.42 Å². The highest BCUT2D eigenvalue weighted by atomic mass is 19.4. The molecule has 5 nitrogen and oxygen atoms in total. The topological polar surface area (TPSA) is 77.2 Å². The molecule has 0 saturated carbocycles. The third-order valence-electron chi connectivity index (χ3n) is 5.24. The van der Waals surface area contributed by atoms with Gasteiger partial charge in [0, 0.05) is 10.9 Å². The number of nitrogens with zero attached hydrogens (tertiary/aromatic N) is 1. The van der Waals surface area contributed by atoms with Crippen LogP contribution in [0.4, 0.5) is 19.0 Å². The molecule has 1 aromatic heterocycles. The van der Waals surface area contributed by atoms with Crippen molar-refractivity contribution >= 4 is 22.5 Å². The van der Waals surface area contributed by atoms with Gasteiger partial charge in [-0.25, -0.2) is 4.98 Å². The van der Waals surface area contributed by atoms with E-state index in [0.717, 1.165) is 10.8 Å². The van der Waals surface area contributed by atoms with E-state index in [9.17, 15) is 18.0 Å². The van der Waals surface area contributed by atoms with E-state index in [1.165, 1.54) is 24.3 Å². The summed E-state index contributed by atoms with van der Waals surface area (Å²) in [5, 5.41) is 4.47. The van der Waals surface area contributed by atoms with Crippen molar-refractivity contribution in [2.24, 2.45) is 0 Å². The standard InChI is InChI=1S/C26H22F3N3O2/c1-16(22-5-3-7-24(30)32-22)31-25(33)19-10-13-21-18(14-19)4-2-6-23(21)34-20-11-8-17(9-12-20)15-26(27,28)29/h2-14,16H,15H2,1H3,(H2,30,32)(H,31,33)/t16-/m0/s1. The Morgan fingerprint density at radius 2 is 1.76 bits per heavy atom. The molecular formula is C26H22F3N3O2. The molecular weight excluding hydrogens is 443 g/mol. The number of halogens is 3. The van der Waals surface area contributed by atoms with Gasteiger partial charge in [-0.15, -0.1) is 0 Å². The zero-order valence-electron chi connectivity index (χ0n) is 18.3. The largest absolute Gasteiger partial charge is 0.457 e. The number of hydrogen-bond donors (Lipinski definition) is 2. The molecule has 4 aromatic rings. The van der Waals surface area contributed by atoms with E-state index in [2.05, 4.69) is 10.3 Å². The minimum absolute atomic E-state index is 0.163. The van der Waals surface area contributed by atoms with Gasteiger partial charge in [0.15, 0.2) is 0 Å². The number of nitrogens with one attached hydrogen (secondary N) is 1. The molecule has 0 aliphatic heterocycles. The lowest BCUT2D eigenvalue weighted by molar-refractivity contribution is -0.127. The number of nitrogens with two attached hydrogens (primary N) is 1. The van der Waals surface area contributed by atoms with Crippen LogP contribution in [-0.4, -0.2) is 17.1 Å². The Bertz CT molecular complexity index is 1320. The monoisotopic (exact) mass is 465 g/mol. The second-order valence-electron chi connectivity index (χ2n) is 7.91. The van der Waals surface area contributed by atoms with Crippen molar-refractivity contribution in [1.82, 2.24) is 10.3 Å². The lowest BCUT2D eigenvalue weighted by Gasteiger charge is -2.15. The van der Waals surface area contributed by atoms with E-state index in [-0.39, 0.29) is 17.5 Å². The number of fused-ring (bicyclic) bond motifs is 1. The molecule has 1 amide bonds. The Hall–Kier alpha value is -4.07. The summed E-state index contributed by atoms with van der Waals surface area (Å²) in [5.74, 6) is 1.08. The summed E-state index contributed by atoms with van der Waals surface area (Å²) in [6.07, 6.45) is -5.25. The fourth-order valence-corrected chi connectivity index (χ4v) is 3.58. The molecule has 4 rings (SSSR count). The van der Waals surface area contributed by atoms with Crippen molar-refractivity contribution in [2.45, 2.75) is 25.6 Å². The number of alkyl halides is 3. The average Bonchev–Trinajstić information content (AvgIpc) is 2.79. The van der Waals surface area contributed by atoms with Crippen LogP contribution < -0.4 is 15.8 Å². The van der Waals surface area contributed by atoms with Gasteiger partial charge in [0.1, 0.15) is 17.3 Å². The Balaban J connectivity index is 1.50. The summed E-state index contributed by atoms with van der Waals surface area (Å²) in [7, 11) is 0. The predicted molar refractivity (Wildman–Crippen MR) is 125 cm³/mol. The molecule has 0 unspecified atom stereocenters. The summed E-state index contributed by atoms with van der Waals surface area (Å²) in [5.41, 5.74) is 7.01. The molecule has 3 N–H and O–H groups in total. The maximum absolute atomic E-state index is 12.8. The van der Waals surface area contributed by atoms with Crippen LogP contribution in [0.2, 0.25) is 0 Å². The lowest BCUT2D eigenvalue weighted by Crippen LogP contribution is -2.27. The fraction of sp³-hybridized carbons (Fsp3) is 0.154. The van der Waals surface area contributed by atoms with Crippen molar-refractivity contribution < 1.29 is 22.7 Å². The van der Waals surface area contributed by atoms with Crippen LogP contribution in [0.15, 0.2) is 78.9 Å². The molecule has 0 saturated heterocycles. The van der Waals surface area contributed by atoms with Crippen LogP contribution >= 0.6 is 0 Å². The number of carbonyl (C=O) groups excluding carboxylic acids is 1. The van der Waals surface area contributed by atoms with E-state index in [4.69, 9.17) is 10.5 Å². The number of benzene rings is 3. The van der Waals surface area contributed by atoms with Crippen molar-refractivity contribution in [3.05, 3.63) is 95.7 Å². The SMILES string of the molecule is C[C@H](NC(=O)c1ccc2c(Oc3ccc(CC(F)(F)F)cc3)cccc2c1)c1cccc(N)n1. The normalized spacial score (nSPS) is 12.4. The van der Waals surface area contributed by atoms with Crippen molar-refractivity contribution in [2.75, 3.05) is 5.73 Å². The number of anilines is 1. The molecule has 1 heterocycles. The van der Waals surface area contributed by atoms with Gasteiger partial charge >= 0.3 is 6.18 Å². The van der Waals surface area contributed by atoms with Crippen molar-refractivity contribution in [1.29, 1.82) is 0 Å². The van der Waals surface area contributed by atoms with E-state index in [1.54, 1.807) is 48.5 Å². The minimum atomic E-state index is -4.26. The number of aromatic nitrogens is 1. The van der Waals surface area contributed by atoms with Crippen molar-refractivity contribution in [3.8, 4) is 11.5 Å². The highest BCUT2D eigenvalue weighted by molar-refractivity contribution is 6.00. The van der Waals surface area contributed by atoms with Gasteiger partial charge in [-0.1, -0.05) is 30.3 Å². The van der Waals surface area contributed by atoms with Crippen LogP contribution in [0, 0.1) is 0 Å². The smallest absolute Gasteiger partial charge is 0.393 e. The maximum atomic E-state index is 12.8. The summed E-state index contributed by atoms with van der Waals surface area (Å²) < 4.78 is 43.6. The van der Waals surface area contributed by atoms with Gasteiger partial charge in [-0.3, -0.25) is 4.79 Å². The van der Waals surface area contributed by atoms with Gasteiger partial charge < -0.3 is 15.8 Å². The molecule has 0 fully saturated rings. The van der Waals surface area contributed by atoms with E-state index in [1.807, 2.05) is 13.0 Å². The average molecular weight is 465 g/mol. The quantitative estimate of drug-likeness (QED) is 0.355. The van der Waals surface area contributed by atoms with Crippen LogP contribution in [0.3, 0.4) is 0 Å². The van der Waals surface area contributed by atoms with Crippen LogP contribution in [0.1, 0.15) is 34.6 Å². The van der Waals surface area contributed by atoms with Gasteiger partial charge in [-0.2, -0.15) is 13.2 Å². The Morgan fingerprint density at radius 3 is 2.47 bits per heavy atom. The zero-order valence-corrected chi connectivity index (χ0v) is 18.3. The Kier molecular flexibility index (Phi) is 6.40. The van der Waals surface area contributed by atoms with Gasteiger partial charge in [0.05, 0.1) is 18.2 Å². The van der Waals surface area contributed by atoms with Gasteiger partial charge in [0.25, 0.3) is 5.91 Å². The summed E-state index contributed by atoms with van der Waals surface area (Å²) in [6.45, 7) is 1.83. The summed E-state index contributed by atoms with van der Waals surface area (Å²) in [6, 6.07) is 21.4. The predicted octanol–water partition coefficient (Wildman–Crippen LogP) is 6.21. The second kappa shape index (κ2) is 9.43. The molecule has 3 aromatic carbocycles. The molecule has 0 aliphatic rings. The van der Waals surface area contributed by atoms with E-state index >= 15 is 0 Å². The first kappa shape index (κ1) is 23.1. The number of pyridine rings is 1. The number of hydrogen-bond acceptors (Lipinski definition) is 4. The third-order valence-corrected chi connectivity index (χ3v) is 5.24. The minimum Gasteiger partial charge on any atom is -0.457 e.